The van der Waals surface area contributed by atoms with E-state index in [-0.39, 0.29) is 17.5 Å². The van der Waals surface area contributed by atoms with Gasteiger partial charge in [-0.3, -0.25) is 9.48 Å². The summed E-state index contributed by atoms with van der Waals surface area (Å²) in [4.78, 5) is 23.5. The molecule has 1 saturated carbocycles. The highest BCUT2D eigenvalue weighted by Crippen LogP contribution is 2.36. The summed E-state index contributed by atoms with van der Waals surface area (Å²) in [6.45, 7) is 0. The monoisotopic (exact) mass is 431 g/mol. The lowest BCUT2D eigenvalue weighted by Crippen LogP contribution is -2.14. The maximum absolute atomic E-state index is 11.8. The molecule has 2 atom stereocenters. The molecular formula is C18H18BrN5O3. The van der Waals surface area contributed by atoms with Crippen LogP contribution in [0.5, 0.6) is 0 Å². The second kappa shape index (κ2) is 7.80. The van der Waals surface area contributed by atoms with Gasteiger partial charge in [-0.15, -0.1) is 0 Å². The minimum Gasteiger partial charge on any atom is -0.465 e. The second-order valence-electron chi connectivity index (χ2n) is 6.28. The van der Waals surface area contributed by atoms with E-state index in [1.165, 1.54) is 7.11 Å². The lowest BCUT2D eigenvalue weighted by Gasteiger charge is -2.13. The number of methoxy groups -OCH3 is 1. The third kappa shape index (κ3) is 3.80. The predicted molar refractivity (Wildman–Crippen MR) is 102 cm³/mol. The predicted octanol–water partition coefficient (Wildman–Crippen LogP) is 3.14. The number of carbonyl (C=O) groups excluding carboxylic acids is 2. The average molecular weight is 432 g/mol. The van der Waals surface area contributed by atoms with Gasteiger partial charge in [-0.1, -0.05) is 0 Å². The largest absolute Gasteiger partial charge is 0.465 e. The van der Waals surface area contributed by atoms with Gasteiger partial charge in [0.25, 0.3) is 5.91 Å². The van der Waals surface area contributed by atoms with E-state index >= 15 is 0 Å². The molecule has 0 aliphatic heterocycles. The highest BCUT2D eigenvalue weighted by atomic mass is 79.9. The third-order valence-corrected chi connectivity index (χ3v) is 5.28. The fraction of sp³-hybridized carbons (Fsp3) is 0.333. The summed E-state index contributed by atoms with van der Waals surface area (Å²) in [7, 11) is 1.31. The zero-order valence-corrected chi connectivity index (χ0v) is 16.2. The molecule has 1 unspecified atom stereocenters. The van der Waals surface area contributed by atoms with Crippen LogP contribution in [0.2, 0.25) is 0 Å². The highest BCUT2D eigenvalue weighted by molar-refractivity contribution is 9.10. The molecular weight excluding hydrogens is 414 g/mol. The fourth-order valence-corrected chi connectivity index (χ4v) is 3.79. The van der Waals surface area contributed by atoms with Crippen LogP contribution in [-0.2, 0) is 4.74 Å². The smallest absolute Gasteiger partial charge is 0.339 e. The molecule has 1 amide bonds. The number of carbonyl (C=O) groups is 2. The zero-order chi connectivity index (χ0) is 19.6. The van der Waals surface area contributed by atoms with Crippen molar-refractivity contribution in [3.8, 4) is 6.07 Å². The van der Waals surface area contributed by atoms with Crippen molar-refractivity contribution in [2.24, 2.45) is 11.7 Å². The van der Waals surface area contributed by atoms with Crippen molar-refractivity contribution in [2.45, 2.75) is 25.3 Å². The lowest BCUT2D eigenvalue weighted by atomic mass is 10.1. The summed E-state index contributed by atoms with van der Waals surface area (Å²) in [5.74, 6) is -0.893. The Hall–Kier alpha value is -2.86. The van der Waals surface area contributed by atoms with E-state index in [1.807, 2.05) is 0 Å². The molecule has 1 fully saturated rings. The third-order valence-electron chi connectivity index (χ3n) is 4.62. The molecule has 0 radical (unpaired) electrons. The van der Waals surface area contributed by atoms with E-state index in [0.29, 0.717) is 21.5 Å². The molecule has 2 aromatic rings. The molecule has 0 saturated heterocycles. The molecule has 140 valence electrons. The number of primary amides is 1. The van der Waals surface area contributed by atoms with Gasteiger partial charge in [0.05, 0.1) is 30.7 Å². The van der Waals surface area contributed by atoms with Gasteiger partial charge >= 0.3 is 5.97 Å². The van der Waals surface area contributed by atoms with E-state index in [4.69, 9.17) is 10.5 Å². The minimum atomic E-state index is -0.611. The molecule has 1 aromatic heterocycles. The first-order chi connectivity index (χ1) is 12.9. The van der Waals surface area contributed by atoms with E-state index in [2.05, 4.69) is 32.4 Å². The molecule has 3 N–H and O–H groups in total. The summed E-state index contributed by atoms with van der Waals surface area (Å²) in [6.07, 6.45) is 4.18. The number of hydrogen-bond acceptors (Lipinski definition) is 6. The van der Waals surface area contributed by atoms with Crippen LogP contribution in [0.15, 0.2) is 28.9 Å². The van der Waals surface area contributed by atoms with Crippen molar-refractivity contribution in [3.63, 3.8) is 0 Å². The van der Waals surface area contributed by atoms with Crippen LogP contribution in [0.3, 0.4) is 0 Å². The minimum absolute atomic E-state index is 0.0721. The van der Waals surface area contributed by atoms with Crippen LogP contribution in [0.25, 0.3) is 0 Å². The van der Waals surface area contributed by atoms with Crippen molar-refractivity contribution >= 4 is 39.3 Å². The molecule has 1 aliphatic carbocycles. The molecule has 1 aliphatic rings. The Kier molecular flexibility index (Phi) is 5.46. The molecule has 1 aromatic carbocycles. The number of anilines is 2. The molecule has 8 nitrogen and oxygen atoms in total. The van der Waals surface area contributed by atoms with Crippen molar-refractivity contribution < 1.29 is 14.3 Å². The summed E-state index contributed by atoms with van der Waals surface area (Å²) in [6, 6.07) is 7.19. The average Bonchev–Trinajstić information content (AvgIpc) is 3.27. The number of nitrogens with zero attached hydrogens (tertiary/aromatic N) is 3. The molecule has 3 rings (SSSR count). The van der Waals surface area contributed by atoms with Crippen LogP contribution >= 0.6 is 15.9 Å². The number of esters is 1. The zero-order valence-electron chi connectivity index (χ0n) is 14.6. The van der Waals surface area contributed by atoms with Gasteiger partial charge in [0, 0.05) is 16.4 Å². The maximum Gasteiger partial charge on any atom is 0.339 e. The molecule has 0 spiro atoms. The fourth-order valence-electron chi connectivity index (χ4n) is 3.25. The Bertz CT molecular complexity index is 934. The SMILES string of the molecule is COC(=O)c1ccc(Nc2nn(C3CCC[C@@H]3C#N)cc2C(N)=O)cc1Br. The number of nitriles is 1. The van der Waals surface area contributed by atoms with Crippen LogP contribution in [0.4, 0.5) is 11.5 Å². The van der Waals surface area contributed by atoms with Crippen molar-refractivity contribution in [2.75, 3.05) is 12.4 Å². The van der Waals surface area contributed by atoms with Gasteiger partial charge in [-0.25, -0.2) is 4.79 Å². The van der Waals surface area contributed by atoms with Crippen molar-refractivity contribution in [1.82, 2.24) is 9.78 Å². The Morgan fingerprint density at radius 1 is 1.41 bits per heavy atom. The first kappa shape index (κ1) is 18.9. The van der Waals surface area contributed by atoms with Gasteiger partial charge in [0.1, 0.15) is 5.56 Å². The molecule has 27 heavy (non-hydrogen) atoms. The van der Waals surface area contributed by atoms with Crippen LogP contribution < -0.4 is 11.1 Å². The van der Waals surface area contributed by atoms with E-state index in [9.17, 15) is 14.9 Å². The number of hydrogen-bond donors (Lipinski definition) is 2. The van der Waals surface area contributed by atoms with Gasteiger partial charge in [0.2, 0.25) is 0 Å². The van der Waals surface area contributed by atoms with Gasteiger partial charge in [-0.2, -0.15) is 10.4 Å². The summed E-state index contributed by atoms with van der Waals surface area (Å²) in [5, 5.41) is 16.8. The number of benzene rings is 1. The number of aromatic nitrogens is 2. The van der Waals surface area contributed by atoms with Crippen LogP contribution in [-0.4, -0.2) is 28.8 Å². The van der Waals surface area contributed by atoms with Crippen LogP contribution in [0, 0.1) is 17.2 Å². The number of nitrogens with two attached hydrogens (primary N) is 1. The quantitative estimate of drug-likeness (QED) is 0.700. The Balaban J connectivity index is 1.90. The molecule has 0 bridgehead atoms. The van der Waals surface area contributed by atoms with Crippen molar-refractivity contribution in [3.05, 3.63) is 40.0 Å². The van der Waals surface area contributed by atoms with Gasteiger partial charge < -0.3 is 15.8 Å². The molecule has 9 heteroatoms. The summed E-state index contributed by atoms with van der Waals surface area (Å²) < 4.78 is 6.91. The normalized spacial score (nSPS) is 18.7. The Morgan fingerprint density at radius 3 is 2.81 bits per heavy atom. The van der Waals surface area contributed by atoms with E-state index < -0.39 is 11.9 Å². The number of ether oxygens (including phenoxy) is 1. The number of nitrogens with one attached hydrogen (secondary N) is 1. The second-order valence-corrected chi connectivity index (χ2v) is 7.14. The first-order valence-corrected chi connectivity index (χ1v) is 9.17. The number of halogens is 1. The lowest BCUT2D eigenvalue weighted by molar-refractivity contribution is 0.0599. The first-order valence-electron chi connectivity index (χ1n) is 8.38. The summed E-state index contributed by atoms with van der Waals surface area (Å²) >= 11 is 3.33. The molecule has 1 heterocycles. The standard InChI is InChI=1S/C18H18BrN5O3/c1-27-18(26)12-6-5-11(7-14(12)19)22-17-13(16(21)25)9-24(23-17)15-4-2-3-10(15)8-20/h5-7,9-10,15H,2-4H2,1H3,(H2,21,25)(H,22,23)/t10-,15?/m1/s1. The Labute approximate surface area is 164 Å². The van der Waals surface area contributed by atoms with Crippen LogP contribution in [0.1, 0.15) is 46.0 Å². The summed E-state index contributed by atoms with van der Waals surface area (Å²) in [5.41, 5.74) is 6.73. The topological polar surface area (TPSA) is 123 Å². The number of amides is 1. The van der Waals surface area contributed by atoms with Crippen molar-refractivity contribution in [1.29, 1.82) is 5.26 Å². The van der Waals surface area contributed by atoms with E-state index in [1.54, 1.807) is 29.1 Å². The highest BCUT2D eigenvalue weighted by Gasteiger charge is 2.30. The number of rotatable bonds is 5. The maximum atomic E-state index is 11.8. The van der Waals surface area contributed by atoms with Gasteiger partial charge in [-0.05, 0) is 53.4 Å². The van der Waals surface area contributed by atoms with Gasteiger partial charge in [0.15, 0.2) is 5.82 Å². The van der Waals surface area contributed by atoms with E-state index in [0.717, 1.165) is 19.3 Å². The Morgan fingerprint density at radius 2 is 2.19 bits per heavy atom.